The van der Waals surface area contributed by atoms with Gasteiger partial charge in [0, 0.05) is 38.1 Å². The first kappa shape index (κ1) is 23.9. The molecule has 182 valence electrons. The molecule has 5 rings (SSSR count). The molecule has 2 N–H and O–H groups in total. The summed E-state index contributed by atoms with van der Waals surface area (Å²) in [6.07, 6.45) is 4.37. The molecule has 2 aromatic carbocycles. The van der Waals surface area contributed by atoms with Crippen LogP contribution in [0.15, 0.2) is 36.4 Å². The molecule has 34 heavy (non-hydrogen) atoms. The van der Waals surface area contributed by atoms with Gasteiger partial charge in [-0.3, -0.25) is 0 Å². The van der Waals surface area contributed by atoms with E-state index in [2.05, 4.69) is 16.7 Å². The SMILES string of the molecule is C.COc1cc(CNC2CCC(Nc3nc(N(C)C)c4ccccc4n3)CC2)cc2c1OCO2. The van der Waals surface area contributed by atoms with Gasteiger partial charge in [0.2, 0.25) is 18.5 Å². The predicted molar refractivity (Wildman–Crippen MR) is 136 cm³/mol. The van der Waals surface area contributed by atoms with Crippen LogP contribution in [0.5, 0.6) is 17.2 Å². The number of benzene rings is 2. The van der Waals surface area contributed by atoms with Crippen molar-refractivity contribution in [2.24, 2.45) is 0 Å². The quantitative estimate of drug-likeness (QED) is 0.525. The van der Waals surface area contributed by atoms with Gasteiger partial charge in [-0.15, -0.1) is 0 Å². The second kappa shape index (κ2) is 10.3. The van der Waals surface area contributed by atoms with Crippen molar-refractivity contribution in [2.45, 2.75) is 51.7 Å². The molecular formula is C26H35N5O3. The number of nitrogens with one attached hydrogen (secondary N) is 2. The van der Waals surface area contributed by atoms with Crippen LogP contribution in [0.25, 0.3) is 10.9 Å². The third kappa shape index (κ3) is 4.97. The van der Waals surface area contributed by atoms with Crippen molar-refractivity contribution in [1.82, 2.24) is 15.3 Å². The first-order chi connectivity index (χ1) is 16.1. The zero-order valence-electron chi connectivity index (χ0n) is 19.4. The minimum Gasteiger partial charge on any atom is -0.493 e. The van der Waals surface area contributed by atoms with Gasteiger partial charge in [-0.25, -0.2) is 4.98 Å². The molecule has 0 spiro atoms. The zero-order valence-corrected chi connectivity index (χ0v) is 19.4. The number of methoxy groups -OCH3 is 1. The highest BCUT2D eigenvalue weighted by atomic mass is 16.7. The van der Waals surface area contributed by atoms with E-state index < -0.39 is 0 Å². The van der Waals surface area contributed by atoms with Gasteiger partial charge in [0.05, 0.1) is 12.6 Å². The number of ether oxygens (including phenoxy) is 3. The molecule has 1 saturated carbocycles. The van der Waals surface area contributed by atoms with Crippen molar-refractivity contribution in [2.75, 3.05) is 38.2 Å². The molecule has 2 heterocycles. The summed E-state index contributed by atoms with van der Waals surface area (Å²) < 4.78 is 16.5. The Hall–Kier alpha value is -3.26. The smallest absolute Gasteiger partial charge is 0.231 e. The molecular weight excluding hydrogens is 430 g/mol. The second-order valence-corrected chi connectivity index (χ2v) is 8.89. The Morgan fingerprint density at radius 2 is 1.79 bits per heavy atom. The van der Waals surface area contributed by atoms with Crippen LogP contribution in [0, 0.1) is 0 Å². The van der Waals surface area contributed by atoms with Crippen molar-refractivity contribution < 1.29 is 14.2 Å². The lowest BCUT2D eigenvalue weighted by molar-refractivity contribution is 0.171. The minimum absolute atomic E-state index is 0. The highest BCUT2D eigenvalue weighted by Crippen LogP contribution is 2.41. The van der Waals surface area contributed by atoms with Gasteiger partial charge in [-0.1, -0.05) is 19.6 Å². The Morgan fingerprint density at radius 1 is 1.03 bits per heavy atom. The van der Waals surface area contributed by atoms with E-state index in [0.717, 1.165) is 66.0 Å². The Morgan fingerprint density at radius 3 is 2.56 bits per heavy atom. The lowest BCUT2D eigenvalue weighted by atomic mass is 9.91. The van der Waals surface area contributed by atoms with Gasteiger partial charge >= 0.3 is 0 Å². The topological polar surface area (TPSA) is 80.8 Å². The number of rotatable bonds is 7. The maximum absolute atomic E-state index is 5.54. The normalized spacial score (nSPS) is 18.9. The first-order valence-corrected chi connectivity index (χ1v) is 11.5. The van der Waals surface area contributed by atoms with E-state index in [4.69, 9.17) is 24.2 Å². The van der Waals surface area contributed by atoms with E-state index in [1.165, 1.54) is 0 Å². The van der Waals surface area contributed by atoms with Crippen LogP contribution < -0.4 is 29.7 Å². The fourth-order valence-corrected chi connectivity index (χ4v) is 4.64. The third-order valence-electron chi connectivity index (χ3n) is 6.38. The van der Waals surface area contributed by atoms with E-state index >= 15 is 0 Å². The summed E-state index contributed by atoms with van der Waals surface area (Å²) in [6.45, 7) is 1.02. The van der Waals surface area contributed by atoms with Gasteiger partial charge in [0.25, 0.3) is 0 Å². The molecule has 2 aliphatic rings. The van der Waals surface area contributed by atoms with Crippen molar-refractivity contribution in [3.8, 4) is 17.2 Å². The second-order valence-electron chi connectivity index (χ2n) is 8.89. The summed E-state index contributed by atoms with van der Waals surface area (Å²) in [5.41, 5.74) is 2.10. The molecule has 1 fully saturated rings. The average molecular weight is 466 g/mol. The van der Waals surface area contributed by atoms with Gasteiger partial charge in [0.1, 0.15) is 5.82 Å². The van der Waals surface area contributed by atoms with Gasteiger partial charge in [-0.05, 0) is 55.5 Å². The molecule has 0 radical (unpaired) electrons. The molecule has 0 saturated heterocycles. The number of hydrogen-bond donors (Lipinski definition) is 2. The van der Waals surface area contributed by atoms with Crippen LogP contribution in [0.4, 0.5) is 11.8 Å². The predicted octanol–water partition coefficient (Wildman–Crippen LogP) is 4.58. The van der Waals surface area contributed by atoms with Gasteiger partial charge < -0.3 is 29.7 Å². The molecule has 1 aromatic heterocycles. The lowest BCUT2D eigenvalue weighted by Crippen LogP contribution is -2.37. The molecule has 0 bridgehead atoms. The maximum atomic E-state index is 5.54. The maximum Gasteiger partial charge on any atom is 0.231 e. The van der Waals surface area contributed by atoms with E-state index in [0.29, 0.717) is 23.8 Å². The summed E-state index contributed by atoms with van der Waals surface area (Å²) in [6, 6.07) is 13.1. The van der Waals surface area contributed by atoms with Gasteiger partial charge in [0.15, 0.2) is 11.5 Å². The standard InChI is InChI=1S/C25H31N5O3.CH4/c1-30(2)24-19-6-4-5-7-20(19)28-25(29-24)27-18-10-8-17(9-11-18)26-14-16-12-21(31-3)23-22(13-16)32-15-33-23;/h4-7,12-13,17-18,26H,8-11,14-15H2,1-3H3,(H,27,28,29);1H4. The minimum atomic E-state index is 0. The monoisotopic (exact) mass is 465 g/mol. The van der Waals surface area contributed by atoms with Crippen molar-refractivity contribution >= 4 is 22.7 Å². The first-order valence-electron chi connectivity index (χ1n) is 11.5. The van der Waals surface area contributed by atoms with Crippen LogP contribution >= 0.6 is 0 Å². The largest absolute Gasteiger partial charge is 0.493 e. The zero-order chi connectivity index (χ0) is 22.8. The lowest BCUT2D eigenvalue weighted by Gasteiger charge is -2.30. The number of nitrogens with zero attached hydrogens (tertiary/aromatic N) is 3. The highest BCUT2D eigenvalue weighted by Gasteiger charge is 2.23. The van der Waals surface area contributed by atoms with Crippen molar-refractivity contribution in [3.63, 3.8) is 0 Å². The Balaban J connectivity index is 0.00000274. The Bertz CT molecular complexity index is 1130. The summed E-state index contributed by atoms with van der Waals surface area (Å²) in [5, 5.41) is 8.35. The average Bonchev–Trinajstić information content (AvgIpc) is 3.31. The van der Waals surface area contributed by atoms with E-state index in [1.54, 1.807) is 7.11 Å². The molecule has 0 amide bonds. The van der Waals surface area contributed by atoms with E-state index in [1.807, 2.05) is 49.3 Å². The third-order valence-corrected chi connectivity index (χ3v) is 6.38. The molecule has 0 atom stereocenters. The summed E-state index contributed by atoms with van der Waals surface area (Å²) in [4.78, 5) is 11.6. The van der Waals surface area contributed by atoms with E-state index in [-0.39, 0.29) is 14.2 Å². The van der Waals surface area contributed by atoms with Crippen LogP contribution in [-0.4, -0.2) is 50.0 Å². The highest BCUT2D eigenvalue weighted by molar-refractivity contribution is 5.90. The number of aromatic nitrogens is 2. The van der Waals surface area contributed by atoms with Gasteiger partial charge in [-0.2, -0.15) is 4.98 Å². The summed E-state index contributed by atoms with van der Waals surface area (Å²) in [7, 11) is 5.69. The Kier molecular flexibility index (Phi) is 7.26. The van der Waals surface area contributed by atoms with E-state index in [9.17, 15) is 0 Å². The molecule has 3 aromatic rings. The number of fused-ring (bicyclic) bond motifs is 2. The van der Waals surface area contributed by atoms with Crippen molar-refractivity contribution in [3.05, 3.63) is 42.0 Å². The van der Waals surface area contributed by atoms with Crippen LogP contribution in [0.1, 0.15) is 38.7 Å². The molecule has 1 aliphatic heterocycles. The summed E-state index contributed by atoms with van der Waals surface area (Å²) >= 11 is 0. The van der Waals surface area contributed by atoms with Crippen LogP contribution in [0.3, 0.4) is 0 Å². The number of anilines is 2. The number of hydrogen-bond acceptors (Lipinski definition) is 8. The Labute approximate surface area is 201 Å². The fraction of sp³-hybridized carbons (Fsp3) is 0.462. The molecule has 8 heteroatoms. The summed E-state index contributed by atoms with van der Waals surface area (Å²) in [5.74, 6) is 3.83. The number of para-hydroxylation sites is 1. The van der Waals surface area contributed by atoms with Crippen molar-refractivity contribution in [1.29, 1.82) is 0 Å². The van der Waals surface area contributed by atoms with Crippen LogP contribution in [-0.2, 0) is 6.54 Å². The molecule has 1 aliphatic carbocycles. The fourth-order valence-electron chi connectivity index (χ4n) is 4.64. The molecule has 8 nitrogen and oxygen atoms in total. The molecule has 0 unspecified atom stereocenters. The van der Waals surface area contributed by atoms with Crippen LogP contribution in [0.2, 0.25) is 0 Å².